The van der Waals surface area contributed by atoms with Crippen LogP contribution in [-0.4, -0.2) is 20.1 Å². The van der Waals surface area contributed by atoms with Crippen LogP contribution in [0.15, 0.2) is 18.2 Å². The normalized spacial score (nSPS) is 19.0. The molecule has 1 aliphatic rings. The first kappa shape index (κ1) is 13.7. The minimum absolute atomic E-state index is 0.492. The third-order valence-corrected chi connectivity index (χ3v) is 4.24. The fraction of sp³-hybridized carbons (Fsp3) is 0.600. The van der Waals surface area contributed by atoms with Gasteiger partial charge in [0.05, 0.1) is 0 Å². The highest BCUT2D eigenvalue weighted by atomic mass is 35.5. The second kappa shape index (κ2) is 5.50. The molecule has 1 aromatic rings. The van der Waals surface area contributed by atoms with Crippen molar-refractivity contribution in [1.29, 1.82) is 0 Å². The monoisotopic (exact) mass is 266 g/mol. The second-order valence-corrected chi connectivity index (χ2v) is 6.36. The molecule has 1 heterocycles. The van der Waals surface area contributed by atoms with E-state index >= 15 is 0 Å². The van der Waals surface area contributed by atoms with Crippen molar-refractivity contribution in [2.24, 2.45) is 5.41 Å². The molecule has 0 radical (unpaired) electrons. The molecule has 0 aromatic heterocycles. The van der Waals surface area contributed by atoms with E-state index < -0.39 is 0 Å². The maximum Gasteiger partial charge on any atom is 0.0471 e. The molecule has 0 saturated carbocycles. The van der Waals surface area contributed by atoms with Crippen LogP contribution in [0.3, 0.4) is 0 Å². The van der Waals surface area contributed by atoms with Crippen LogP contribution in [0.25, 0.3) is 0 Å². The number of nitrogens with one attached hydrogen (secondary N) is 1. The summed E-state index contributed by atoms with van der Waals surface area (Å²) in [5.74, 6) is 0. The van der Waals surface area contributed by atoms with Gasteiger partial charge in [0.1, 0.15) is 0 Å². The maximum absolute atomic E-state index is 6.32. The van der Waals surface area contributed by atoms with E-state index in [-0.39, 0.29) is 0 Å². The summed E-state index contributed by atoms with van der Waals surface area (Å²) >= 11 is 6.32. The lowest BCUT2D eigenvalue weighted by Crippen LogP contribution is -2.37. The molecule has 0 spiro atoms. The van der Waals surface area contributed by atoms with Gasteiger partial charge in [-0.3, -0.25) is 0 Å². The van der Waals surface area contributed by atoms with E-state index in [9.17, 15) is 0 Å². The Bertz CT molecular complexity index is 405. The molecule has 1 fully saturated rings. The van der Waals surface area contributed by atoms with Crippen LogP contribution in [0.2, 0.25) is 5.02 Å². The summed E-state index contributed by atoms with van der Waals surface area (Å²) in [6.45, 7) is 7.80. The number of hydrogen-bond donors (Lipinski definition) is 1. The van der Waals surface area contributed by atoms with Crippen LogP contribution in [0.1, 0.15) is 32.3 Å². The van der Waals surface area contributed by atoms with E-state index in [0.29, 0.717) is 5.41 Å². The van der Waals surface area contributed by atoms with Crippen molar-refractivity contribution in [3.05, 3.63) is 28.8 Å². The van der Waals surface area contributed by atoms with Gasteiger partial charge in [-0.25, -0.2) is 0 Å². The second-order valence-electron chi connectivity index (χ2n) is 5.96. The lowest BCUT2D eigenvalue weighted by atomic mass is 9.82. The molecule has 1 saturated heterocycles. The predicted octanol–water partition coefficient (Wildman–Crippen LogP) is 3.69. The molecule has 0 atom stereocenters. The summed E-state index contributed by atoms with van der Waals surface area (Å²) in [6, 6.07) is 6.43. The predicted molar refractivity (Wildman–Crippen MR) is 79.4 cm³/mol. The van der Waals surface area contributed by atoms with Gasteiger partial charge in [-0.15, -0.1) is 0 Å². The summed E-state index contributed by atoms with van der Waals surface area (Å²) in [6.07, 6.45) is 2.51. The zero-order valence-electron chi connectivity index (χ0n) is 11.6. The van der Waals surface area contributed by atoms with Gasteiger partial charge in [-0.05, 0) is 43.0 Å². The van der Waals surface area contributed by atoms with Crippen molar-refractivity contribution in [3.8, 4) is 0 Å². The molecule has 100 valence electrons. The number of anilines is 1. The Labute approximate surface area is 115 Å². The highest BCUT2D eigenvalue weighted by Gasteiger charge is 2.25. The molecular formula is C15H23ClN2. The first-order valence-corrected chi connectivity index (χ1v) is 7.08. The molecule has 0 amide bonds. The molecule has 18 heavy (non-hydrogen) atoms. The molecule has 1 N–H and O–H groups in total. The summed E-state index contributed by atoms with van der Waals surface area (Å²) < 4.78 is 0. The SMILES string of the molecule is CNCc1ccc(N2CCC(C)(C)CC2)cc1Cl. The van der Waals surface area contributed by atoms with E-state index in [1.165, 1.54) is 24.1 Å². The summed E-state index contributed by atoms with van der Waals surface area (Å²) in [5, 5.41) is 4.00. The Morgan fingerprint density at radius 3 is 2.50 bits per heavy atom. The standard InChI is InChI=1S/C15H23ClN2/c1-15(2)6-8-18(9-7-15)13-5-4-12(11-17-3)14(16)10-13/h4-5,10,17H,6-9,11H2,1-3H3. The van der Waals surface area contributed by atoms with Crippen LogP contribution in [0.5, 0.6) is 0 Å². The molecule has 0 unspecified atom stereocenters. The van der Waals surface area contributed by atoms with Crippen molar-refractivity contribution in [3.63, 3.8) is 0 Å². The van der Waals surface area contributed by atoms with E-state index in [4.69, 9.17) is 11.6 Å². The van der Waals surface area contributed by atoms with Gasteiger partial charge >= 0.3 is 0 Å². The molecular weight excluding hydrogens is 244 g/mol. The summed E-state index contributed by atoms with van der Waals surface area (Å²) in [5.41, 5.74) is 2.92. The van der Waals surface area contributed by atoms with Gasteiger partial charge in [0.15, 0.2) is 0 Å². The summed E-state index contributed by atoms with van der Waals surface area (Å²) in [7, 11) is 1.94. The van der Waals surface area contributed by atoms with Crippen LogP contribution >= 0.6 is 11.6 Å². The van der Waals surface area contributed by atoms with Gasteiger partial charge in [0.2, 0.25) is 0 Å². The molecule has 0 aliphatic carbocycles. The van der Waals surface area contributed by atoms with Gasteiger partial charge in [0.25, 0.3) is 0 Å². The Kier molecular flexibility index (Phi) is 4.18. The molecule has 1 aliphatic heterocycles. The van der Waals surface area contributed by atoms with Crippen molar-refractivity contribution in [1.82, 2.24) is 5.32 Å². The average molecular weight is 267 g/mol. The van der Waals surface area contributed by atoms with Gasteiger partial charge < -0.3 is 10.2 Å². The average Bonchev–Trinajstić information content (AvgIpc) is 2.32. The van der Waals surface area contributed by atoms with Crippen molar-refractivity contribution in [2.45, 2.75) is 33.2 Å². The fourth-order valence-corrected chi connectivity index (χ4v) is 2.68. The highest BCUT2D eigenvalue weighted by molar-refractivity contribution is 6.31. The molecule has 1 aromatic carbocycles. The quantitative estimate of drug-likeness (QED) is 0.898. The highest BCUT2D eigenvalue weighted by Crippen LogP contribution is 2.33. The van der Waals surface area contributed by atoms with E-state index in [1.54, 1.807) is 0 Å². The van der Waals surface area contributed by atoms with Crippen LogP contribution < -0.4 is 10.2 Å². The number of rotatable bonds is 3. The smallest absolute Gasteiger partial charge is 0.0471 e. The Morgan fingerprint density at radius 1 is 1.28 bits per heavy atom. The zero-order valence-corrected chi connectivity index (χ0v) is 12.3. The van der Waals surface area contributed by atoms with Crippen molar-refractivity contribution in [2.75, 3.05) is 25.0 Å². The minimum atomic E-state index is 0.492. The number of piperidine rings is 1. The molecule has 3 heteroatoms. The number of benzene rings is 1. The van der Waals surface area contributed by atoms with Crippen molar-refractivity contribution >= 4 is 17.3 Å². The third-order valence-electron chi connectivity index (χ3n) is 3.89. The molecule has 2 nitrogen and oxygen atoms in total. The fourth-order valence-electron chi connectivity index (χ4n) is 2.44. The van der Waals surface area contributed by atoms with Crippen LogP contribution in [-0.2, 0) is 6.54 Å². The number of nitrogens with zero attached hydrogens (tertiary/aromatic N) is 1. The number of hydrogen-bond acceptors (Lipinski definition) is 2. The molecule has 0 bridgehead atoms. The third kappa shape index (κ3) is 3.18. The largest absolute Gasteiger partial charge is 0.371 e. The Balaban J connectivity index is 2.08. The van der Waals surface area contributed by atoms with E-state index in [0.717, 1.165) is 24.7 Å². The zero-order chi connectivity index (χ0) is 13.2. The van der Waals surface area contributed by atoms with E-state index in [2.05, 4.69) is 42.3 Å². The maximum atomic E-state index is 6.32. The van der Waals surface area contributed by atoms with E-state index in [1.807, 2.05) is 7.05 Å². The van der Waals surface area contributed by atoms with Gasteiger partial charge in [-0.2, -0.15) is 0 Å². The van der Waals surface area contributed by atoms with Gasteiger partial charge in [-0.1, -0.05) is 31.5 Å². The first-order chi connectivity index (χ1) is 8.52. The molecule has 2 rings (SSSR count). The first-order valence-electron chi connectivity index (χ1n) is 6.70. The van der Waals surface area contributed by atoms with Gasteiger partial charge in [0, 0.05) is 30.3 Å². The lowest BCUT2D eigenvalue weighted by molar-refractivity contribution is 0.280. The Hall–Kier alpha value is -0.730. The lowest BCUT2D eigenvalue weighted by Gasteiger charge is -2.38. The van der Waals surface area contributed by atoms with Crippen molar-refractivity contribution < 1.29 is 0 Å². The Morgan fingerprint density at radius 2 is 1.94 bits per heavy atom. The number of halogens is 1. The topological polar surface area (TPSA) is 15.3 Å². The summed E-state index contributed by atoms with van der Waals surface area (Å²) in [4.78, 5) is 2.44. The van der Waals surface area contributed by atoms with Crippen LogP contribution in [0, 0.1) is 5.41 Å². The van der Waals surface area contributed by atoms with Crippen LogP contribution in [0.4, 0.5) is 5.69 Å². The minimum Gasteiger partial charge on any atom is -0.371 e.